The van der Waals surface area contributed by atoms with E-state index in [2.05, 4.69) is 29.6 Å². The number of aromatic amines is 1. The number of sulfonamides is 1. The van der Waals surface area contributed by atoms with Crippen LogP contribution in [0.25, 0.3) is 11.0 Å². The number of pyridine rings is 2. The molecule has 1 aromatic carbocycles. The van der Waals surface area contributed by atoms with Gasteiger partial charge in [0, 0.05) is 36.2 Å². The van der Waals surface area contributed by atoms with Gasteiger partial charge in [-0.25, -0.2) is 28.1 Å². The molecule has 1 aliphatic rings. The van der Waals surface area contributed by atoms with Crippen molar-refractivity contribution in [3.8, 4) is 17.4 Å². The van der Waals surface area contributed by atoms with Crippen LogP contribution >= 0.6 is 22.9 Å². The molecule has 14 heteroatoms. The molecular weight excluding hydrogens is 600 g/mol. The van der Waals surface area contributed by atoms with E-state index < -0.39 is 15.9 Å². The molecule has 0 aliphatic carbocycles. The smallest absolute Gasteiger partial charge is 0.268 e. The fraction of sp³-hybridized carbons (Fsp3) is 0.214. The Morgan fingerprint density at radius 2 is 1.95 bits per heavy atom. The molecule has 0 saturated carbocycles. The van der Waals surface area contributed by atoms with Gasteiger partial charge in [-0.2, -0.15) is 0 Å². The number of para-hydroxylation sites is 1. The Kier molecular flexibility index (Phi) is 7.96. The van der Waals surface area contributed by atoms with Gasteiger partial charge in [0.2, 0.25) is 5.88 Å². The molecule has 0 unspecified atom stereocenters. The zero-order valence-electron chi connectivity index (χ0n) is 22.1. The number of ether oxygens (including phenoxy) is 2. The van der Waals surface area contributed by atoms with Crippen molar-refractivity contribution >= 4 is 55.0 Å². The lowest BCUT2D eigenvalue weighted by atomic mass is 9.98. The van der Waals surface area contributed by atoms with Gasteiger partial charge >= 0.3 is 0 Å². The molecule has 11 nitrogen and oxygen atoms in total. The van der Waals surface area contributed by atoms with Crippen LogP contribution in [-0.2, 0) is 10.0 Å². The Labute approximate surface area is 250 Å². The Morgan fingerprint density at radius 1 is 1.12 bits per heavy atom. The van der Waals surface area contributed by atoms with E-state index in [1.807, 2.05) is 11.4 Å². The van der Waals surface area contributed by atoms with Crippen molar-refractivity contribution in [2.45, 2.75) is 17.7 Å². The molecular formula is C28H25ClN6O5S2. The number of carbonyl (C=O) groups is 1. The zero-order valence-corrected chi connectivity index (χ0v) is 24.5. The van der Waals surface area contributed by atoms with Gasteiger partial charge < -0.3 is 19.4 Å². The molecule has 0 bridgehead atoms. The minimum absolute atomic E-state index is 0.0233. The Bertz CT molecular complexity index is 1820. The number of nitrogens with zero attached hydrogens (tertiary/aromatic N) is 4. The molecule has 1 aliphatic heterocycles. The molecule has 42 heavy (non-hydrogen) atoms. The van der Waals surface area contributed by atoms with E-state index >= 15 is 0 Å². The monoisotopic (exact) mass is 624 g/mol. The molecule has 0 radical (unpaired) electrons. The molecule has 216 valence electrons. The van der Waals surface area contributed by atoms with Crippen LogP contribution in [0.15, 0.2) is 77.5 Å². The van der Waals surface area contributed by atoms with Crippen LogP contribution in [0, 0.1) is 5.92 Å². The Balaban J connectivity index is 1.08. The van der Waals surface area contributed by atoms with Crippen molar-refractivity contribution in [1.29, 1.82) is 0 Å². The number of halogens is 1. The third-order valence-corrected chi connectivity index (χ3v) is 9.22. The Hall–Kier alpha value is -4.20. The van der Waals surface area contributed by atoms with Crippen LogP contribution in [0.5, 0.6) is 17.4 Å². The highest BCUT2D eigenvalue weighted by Gasteiger charge is 2.25. The topological polar surface area (TPSA) is 139 Å². The highest BCUT2D eigenvalue weighted by atomic mass is 35.5. The third-order valence-electron chi connectivity index (χ3n) is 6.81. The molecule has 4 aromatic heterocycles. The van der Waals surface area contributed by atoms with Crippen molar-refractivity contribution in [3.63, 3.8) is 0 Å². The SMILES string of the molecule is O=C(NS(=O)(=O)c1cnc(OCC2CCN(c3nccs3)CC2)c(Cl)c1)c1ccccc1Oc1cnc2[nH]ccc2c1. The number of nitrogens with one attached hydrogen (secondary N) is 2. The normalized spacial score (nSPS) is 14.2. The fourth-order valence-electron chi connectivity index (χ4n) is 4.60. The van der Waals surface area contributed by atoms with Gasteiger partial charge in [0.1, 0.15) is 27.1 Å². The molecule has 5 heterocycles. The van der Waals surface area contributed by atoms with E-state index in [4.69, 9.17) is 21.1 Å². The number of hydrogen-bond donors (Lipinski definition) is 2. The minimum atomic E-state index is -4.31. The predicted molar refractivity (Wildman–Crippen MR) is 159 cm³/mol. The summed E-state index contributed by atoms with van der Waals surface area (Å²) >= 11 is 7.96. The third kappa shape index (κ3) is 6.17. The second-order valence-corrected chi connectivity index (χ2v) is 12.6. The summed E-state index contributed by atoms with van der Waals surface area (Å²) in [5, 5.41) is 3.84. The average Bonchev–Trinajstić information content (AvgIpc) is 3.69. The molecule has 0 atom stereocenters. The largest absolute Gasteiger partial charge is 0.476 e. The van der Waals surface area contributed by atoms with Gasteiger partial charge in [-0.3, -0.25) is 4.79 Å². The lowest BCUT2D eigenvalue weighted by Crippen LogP contribution is -2.35. The number of rotatable bonds is 9. The lowest BCUT2D eigenvalue weighted by molar-refractivity contribution is 0.0979. The molecule has 1 amide bonds. The lowest BCUT2D eigenvalue weighted by Gasteiger charge is -2.31. The van der Waals surface area contributed by atoms with Gasteiger partial charge in [-0.1, -0.05) is 23.7 Å². The van der Waals surface area contributed by atoms with Crippen LogP contribution in [0.3, 0.4) is 0 Å². The van der Waals surface area contributed by atoms with E-state index in [-0.39, 0.29) is 27.1 Å². The van der Waals surface area contributed by atoms with Gasteiger partial charge in [0.15, 0.2) is 5.13 Å². The first-order valence-corrected chi connectivity index (χ1v) is 15.8. The molecule has 1 saturated heterocycles. The first-order valence-electron chi connectivity index (χ1n) is 13.1. The number of aromatic nitrogens is 4. The number of hydrogen-bond acceptors (Lipinski definition) is 10. The quantitative estimate of drug-likeness (QED) is 0.224. The molecule has 2 N–H and O–H groups in total. The maximum Gasteiger partial charge on any atom is 0.268 e. The van der Waals surface area contributed by atoms with E-state index in [9.17, 15) is 13.2 Å². The number of benzene rings is 1. The highest BCUT2D eigenvalue weighted by molar-refractivity contribution is 7.90. The van der Waals surface area contributed by atoms with Crippen LogP contribution < -0.4 is 19.1 Å². The van der Waals surface area contributed by atoms with Crippen LogP contribution in [0.4, 0.5) is 5.13 Å². The van der Waals surface area contributed by atoms with Gasteiger partial charge in [0.05, 0.1) is 24.6 Å². The zero-order chi connectivity index (χ0) is 29.1. The highest BCUT2D eigenvalue weighted by Crippen LogP contribution is 2.30. The first-order chi connectivity index (χ1) is 20.4. The van der Waals surface area contributed by atoms with Crippen LogP contribution in [0.1, 0.15) is 23.2 Å². The summed E-state index contributed by atoms with van der Waals surface area (Å²) in [5.74, 6) is 0.128. The number of fused-ring (bicyclic) bond motifs is 1. The summed E-state index contributed by atoms with van der Waals surface area (Å²) in [7, 11) is -4.31. The summed E-state index contributed by atoms with van der Waals surface area (Å²) in [4.78, 5) is 30.8. The number of carbonyl (C=O) groups excluding carboxylic acids is 1. The van der Waals surface area contributed by atoms with Crippen molar-refractivity contribution < 1.29 is 22.7 Å². The summed E-state index contributed by atoms with van der Waals surface area (Å²) in [6.45, 7) is 2.17. The van der Waals surface area contributed by atoms with Gasteiger partial charge in [0.25, 0.3) is 15.9 Å². The van der Waals surface area contributed by atoms with E-state index in [0.29, 0.717) is 23.9 Å². The number of thiazole rings is 1. The number of anilines is 1. The van der Waals surface area contributed by atoms with Gasteiger partial charge in [-0.05, 0) is 49.1 Å². The predicted octanol–water partition coefficient (Wildman–Crippen LogP) is 5.27. The van der Waals surface area contributed by atoms with Crippen LogP contribution in [-0.4, -0.2) is 54.0 Å². The molecule has 6 rings (SSSR count). The van der Waals surface area contributed by atoms with E-state index in [1.54, 1.807) is 48.0 Å². The van der Waals surface area contributed by atoms with Crippen molar-refractivity contribution in [3.05, 3.63) is 83.2 Å². The minimum Gasteiger partial charge on any atom is -0.476 e. The Morgan fingerprint density at radius 3 is 2.74 bits per heavy atom. The van der Waals surface area contributed by atoms with Crippen molar-refractivity contribution in [2.75, 3.05) is 24.6 Å². The average molecular weight is 625 g/mol. The van der Waals surface area contributed by atoms with Crippen molar-refractivity contribution in [2.24, 2.45) is 5.92 Å². The summed E-state index contributed by atoms with van der Waals surface area (Å²) in [5.41, 5.74) is 0.714. The standard InChI is InChI=1S/C28H25ClN6O5S2/c29-23-14-21(16-33-27(23)39-17-18-6-10-35(11-7-18)28-31-9-12-41-28)42(37,38)34-26(36)22-3-1-2-4-24(22)40-20-13-19-5-8-30-25(19)32-15-20/h1-5,8-9,12-16,18H,6-7,10-11,17H2,(H,30,32)(H,34,36). The van der Waals surface area contributed by atoms with E-state index in [1.165, 1.54) is 18.3 Å². The molecule has 0 spiro atoms. The molecule has 5 aromatic rings. The summed E-state index contributed by atoms with van der Waals surface area (Å²) < 4.78 is 39.9. The maximum atomic E-state index is 13.1. The first kappa shape index (κ1) is 27.9. The summed E-state index contributed by atoms with van der Waals surface area (Å²) in [6.07, 6.45) is 8.03. The fourth-order valence-corrected chi connectivity index (χ4v) is 6.52. The van der Waals surface area contributed by atoms with Crippen molar-refractivity contribution in [1.82, 2.24) is 24.7 Å². The van der Waals surface area contributed by atoms with E-state index in [0.717, 1.165) is 42.6 Å². The number of amides is 1. The molecule has 1 fully saturated rings. The second-order valence-electron chi connectivity index (χ2n) is 9.63. The maximum absolute atomic E-state index is 13.1. The number of H-pyrrole nitrogens is 1. The summed E-state index contributed by atoms with van der Waals surface area (Å²) in [6, 6.07) is 11.1. The van der Waals surface area contributed by atoms with Gasteiger partial charge in [-0.15, -0.1) is 11.3 Å². The second kappa shape index (κ2) is 12.0. The number of piperidine rings is 1. The van der Waals surface area contributed by atoms with Crippen LogP contribution in [0.2, 0.25) is 5.02 Å².